The molecule has 1 aromatic carbocycles. The zero-order valence-electron chi connectivity index (χ0n) is 13.5. The molecule has 5 nitrogen and oxygen atoms in total. The van der Waals surface area contributed by atoms with Gasteiger partial charge in [-0.25, -0.2) is 4.79 Å². The Morgan fingerprint density at radius 2 is 1.95 bits per heavy atom. The lowest BCUT2D eigenvalue weighted by Gasteiger charge is -2.18. The van der Waals surface area contributed by atoms with Crippen molar-refractivity contribution in [2.45, 2.75) is 26.4 Å². The summed E-state index contributed by atoms with van der Waals surface area (Å²) in [4.78, 5) is 13.4. The molecule has 124 valence electrons. The largest absolute Gasteiger partial charge is 0.492 e. The Hall–Kier alpha value is -1.46. The summed E-state index contributed by atoms with van der Waals surface area (Å²) in [6.07, 6.45) is 1.03. The van der Waals surface area contributed by atoms with Gasteiger partial charge in [0, 0.05) is 25.2 Å². The van der Waals surface area contributed by atoms with Crippen molar-refractivity contribution in [3.63, 3.8) is 0 Å². The van der Waals surface area contributed by atoms with E-state index in [1.807, 2.05) is 13.8 Å². The van der Waals surface area contributed by atoms with Gasteiger partial charge in [0.25, 0.3) is 0 Å². The number of urea groups is 1. The fourth-order valence-corrected chi connectivity index (χ4v) is 1.78. The fraction of sp³-hybridized carbons (Fsp3) is 0.562. The molecule has 1 rings (SSSR count). The lowest BCUT2D eigenvalue weighted by Crippen LogP contribution is -2.40. The standard InChI is InChI=1S/C16H25ClN2O3/c1-13(2)21-11-4-9-18-16(20)19(3)10-12-22-15-7-5-14(17)6-8-15/h5-8,13H,4,9-12H2,1-3H3,(H,18,20). The van der Waals surface area contributed by atoms with Crippen LogP contribution in [0.25, 0.3) is 0 Å². The first-order valence-corrected chi connectivity index (χ1v) is 7.85. The van der Waals surface area contributed by atoms with Gasteiger partial charge >= 0.3 is 6.03 Å². The Bertz CT molecular complexity index is 438. The van der Waals surface area contributed by atoms with Gasteiger partial charge in [0.05, 0.1) is 12.6 Å². The number of carbonyl (C=O) groups excluding carboxylic acids is 1. The third kappa shape index (κ3) is 8.10. The van der Waals surface area contributed by atoms with E-state index in [2.05, 4.69) is 5.32 Å². The minimum Gasteiger partial charge on any atom is -0.492 e. The first-order valence-electron chi connectivity index (χ1n) is 7.48. The van der Waals surface area contributed by atoms with E-state index in [1.165, 1.54) is 0 Å². The van der Waals surface area contributed by atoms with E-state index in [0.29, 0.717) is 31.3 Å². The normalized spacial score (nSPS) is 10.6. The number of rotatable bonds is 9. The second kappa shape index (κ2) is 10.3. The van der Waals surface area contributed by atoms with E-state index in [4.69, 9.17) is 21.1 Å². The fourth-order valence-electron chi connectivity index (χ4n) is 1.65. The first-order chi connectivity index (χ1) is 10.5. The van der Waals surface area contributed by atoms with Crippen LogP contribution in [0.1, 0.15) is 20.3 Å². The molecular weight excluding hydrogens is 304 g/mol. The van der Waals surface area contributed by atoms with Crippen LogP contribution in [0.4, 0.5) is 4.79 Å². The number of carbonyl (C=O) groups is 1. The Morgan fingerprint density at radius 1 is 1.27 bits per heavy atom. The van der Waals surface area contributed by atoms with Gasteiger partial charge in [0.1, 0.15) is 12.4 Å². The minimum absolute atomic E-state index is 0.107. The maximum absolute atomic E-state index is 11.8. The quantitative estimate of drug-likeness (QED) is 0.708. The molecule has 0 bridgehead atoms. The van der Waals surface area contributed by atoms with Crippen LogP contribution in [-0.2, 0) is 4.74 Å². The van der Waals surface area contributed by atoms with Gasteiger partial charge in [-0.05, 0) is 44.5 Å². The van der Waals surface area contributed by atoms with Crippen molar-refractivity contribution in [3.05, 3.63) is 29.3 Å². The molecule has 0 aromatic heterocycles. The second-order valence-electron chi connectivity index (χ2n) is 5.23. The van der Waals surface area contributed by atoms with Gasteiger partial charge in [-0.1, -0.05) is 11.6 Å². The zero-order valence-corrected chi connectivity index (χ0v) is 14.2. The predicted molar refractivity (Wildman–Crippen MR) is 88.7 cm³/mol. The molecule has 6 heteroatoms. The molecule has 0 fully saturated rings. The van der Waals surface area contributed by atoms with Gasteiger partial charge in [-0.3, -0.25) is 0 Å². The van der Waals surface area contributed by atoms with Gasteiger partial charge < -0.3 is 19.7 Å². The highest BCUT2D eigenvalue weighted by molar-refractivity contribution is 6.30. The first kappa shape index (κ1) is 18.6. The topological polar surface area (TPSA) is 50.8 Å². The number of likely N-dealkylation sites (N-methyl/N-ethyl adjacent to an activating group) is 1. The SMILES string of the molecule is CC(C)OCCCNC(=O)N(C)CCOc1ccc(Cl)cc1. The molecule has 1 aromatic rings. The summed E-state index contributed by atoms with van der Waals surface area (Å²) in [6, 6.07) is 7.04. The van der Waals surface area contributed by atoms with Crippen molar-refractivity contribution in [1.29, 1.82) is 0 Å². The van der Waals surface area contributed by atoms with Crippen molar-refractivity contribution in [1.82, 2.24) is 10.2 Å². The van der Waals surface area contributed by atoms with Crippen LogP contribution in [0.5, 0.6) is 5.75 Å². The van der Waals surface area contributed by atoms with Crippen LogP contribution in [0.2, 0.25) is 5.02 Å². The average molecular weight is 329 g/mol. The molecule has 0 saturated heterocycles. The molecule has 0 aliphatic heterocycles. The number of amides is 2. The van der Waals surface area contributed by atoms with Crippen LogP contribution >= 0.6 is 11.6 Å². The van der Waals surface area contributed by atoms with Crippen LogP contribution in [-0.4, -0.2) is 50.4 Å². The molecule has 1 N–H and O–H groups in total. The smallest absolute Gasteiger partial charge is 0.317 e. The average Bonchev–Trinajstić information content (AvgIpc) is 2.48. The number of nitrogens with one attached hydrogen (secondary N) is 1. The lowest BCUT2D eigenvalue weighted by molar-refractivity contribution is 0.0772. The summed E-state index contributed by atoms with van der Waals surface area (Å²) in [7, 11) is 1.74. The summed E-state index contributed by atoms with van der Waals surface area (Å²) in [5.41, 5.74) is 0. The number of hydrogen-bond donors (Lipinski definition) is 1. The van der Waals surface area contributed by atoms with Gasteiger partial charge in [-0.15, -0.1) is 0 Å². The molecule has 0 saturated carbocycles. The van der Waals surface area contributed by atoms with Crippen LogP contribution in [0, 0.1) is 0 Å². The predicted octanol–water partition coefficient (Wildman–Crippen LogP) is 3.18. The van der Waals surface area contributed by atoms with Gasteiger partial charge in [0.15, 0.2) is 0 Å². The molecule has 2 amide bonds. The maximum Gasteiger partial charge on any atom is 0.317 e. The minimum atomic E-state index is -0.107. The highest BCUT2D eigenvalue weighted by Gasteiger charge is 2.07. The second-order valence-corrected chi connectivity index (χ2v) is 5.67. The van der Waals surface area contributed by atoms with Crippen LogP contribution < -0.4 is 10.1 Å². The van der Waals surface area contributed by atoms with E-state index in [9.17, 15) is 4.79 Å². The lowest BCUT2D eigenvalue weighted by atomic mass is 10.3. The molecule has 0 spiro atoms. The molecule has 0 aliphatic rings. The third-order valence-electron chi connectivity index (χ3n) is 2.90. The number of nitrogens with zero attached hydrogens (tertiary/aromatic N) is 1. The number of hydrogen-bond acceptors (Lipinski definition) is 3. The summed E-state index contributed by atoms with van der Waals surface area (Å²) in [6.45, 7) is 6.19. The molecule has 0 unspecified atom stereocenters. The number of ether oxygens (including phenoxy) is 2. The molecule has 0 aliphatic carbocycles. The molecule has 0 radical (unpaired) electrons. The Labute approximate surface area is 137 Å². The Balaban J connectivity index is 2.12. The van der Waals surface area contributed by atoms with Crippen molar-refractivity contribution < 1.29 is 14.3 Å². The third-order valence-corrected chi connectivity index (χ3v) is 3.16. The van der Waals surface area contributed by atoms with Crippen LogP contribution in [0.15, 0.2) is 24.3 Å². The number of halogens is 1. The molecule has 22 heavy (non-hydrogen) atoms. The van der Waals surface area contributed by atoms with E-state index in [1.54, 1.807) is 36.2 Å². The monoisotopic (exact) mass is 328 g/mol. The van der Waals surface area contributed by atoms with Crippen molar-refractivity contribution in [2.75, 3.05) is 33.4 Å². The van der Waals surface area contributed by atoms with Gasteiger partial charge in [-0.2, -0.15) is 0 Å². The van der Waals surface area contributed by atoms with E-state index < -0.39 is 0 Å². The Morgan fingerprint density at radius 3 is 2.59 bits per heavy atom. The van der Waals surface area contributed by atoms with Gasteiger partial charge in [0.2, 0.25) is 0 Å². The Kier molecular flexibility index (Phi) is 8.70. The van der Waals surface area contributed by atoms with E-state index in [0.717, 1.165) is 12.2 Å². The highest BCUT2D eigenvalue weighted by atomic mass is 35.5. The summed E-state index contributed by atoms with van der Waals surface area (Å²) < 4.78 is 11.0. The summed E-state index contributed by atoms with van der Waals surface area (Å²) in [5, 5.41) is 3.52. The van der Waals surface area contributed by atoms with Crippen molar-refractivity contribution >= 4 is 17.6 Å². The zero-order chi connectivity index (χ0) is 16.4. The summed E-state index contributed by atoms with van der Waals surface area (Å²) in [5.74, 6) is 0.740. The van der Waals surface area contributed by atoms with Crippen LogP contribution in [0.3, 0.4) is 0 Å². The van der Waals surface area contributed by atoms with Crippen molar-refractivity contribution in [2.24, 2.45) is 0 Å². The van der Waals surface area contributed by atoms with Crippen molar-refractivity contribution in [3.8, 4) is 5.75 Å². The number of benzene rings is 1. The van der Waals surface area contributed by atoms with E-state index >= 15 is 0 Å². The maximum atomic E-state index is 11.8. The highest BCUT2D eigenvalue weighted by Crippen LogP contribution is 2.15. The summed E-state index contributed by atoms with van der Waals surface area (Å²) >= 11 is 5.80. The molecular formula is C16H25ClN2O3. The van der Waals surface area contributed by atoms with E-state index in [-0.39, 0.29) is 12.1 Å². The molecule has 0 heterocycles. The molecule has 0 atom stereocenters.